The molecule has 2 saturated heterocycles. The summed E-state index contributed by atoms with van der Waals surface area (Å²) in [5.41, 5.74) is 3.98. The molecule has 2 aliphatic rings. The van der Waals surface area contributed by atoms with Gasteiger partial charge in [-0.1, -0.05) is 37.3 Å². The summed E-state index contributed by atoms with van der Waals surface area (Å²) in [6.45, 7) is 6.40. The van der Waals surface area contributed by atoms with Gasteiger partial charge in [-0.2, -0.15) is 0 Å². The standard InChI is InChI=1S/C20H25N3O2S/c1-16(17-5-3-2-4-6-17)11-23-14-20(25-19(23)24)7-9-22(10-8-20)12-18-13-26-15-21-18/h2-6,13,15-16H,7-12,14H2,1H3. The highest BCUT2D eigenvalue weighted by Crippen LogP contribution is 2.34. The van der Waals surface area contributed by atoms with Crippen LogP contribution in [0.1, 0.15) is 36.9 Å². The minimum atomic E-state index is -0.300. The summed E-state index contributed by atoms with van der Waals surface area (Å²) >= 11 is 1.64. The van der Waals surface area contributed by atoms with E-state index < -0.39 is 0 Å². The van der Waals surface area contributed by atoms with Gasteiger partial charge in [0.05, 0.1) is 17.7 Å². The number of benzene rings is 1. The van der Waals surface area contributed by atoms with Crippen molar-refractivity contribution in [3.05, 3.63) is 52.5 Å². The van der Waals surface area contributed by atoms with E-state index in [1.165, 1.54) is 5.56 Å². The zero-order chi connectivity index (χ0) is 18.0. The maximum absolute atomic E-state index is 12.4. The van der Waals surface area contributed by atoms with Crippen molar-refractivity contribution in [2.75, 3.05) is 26.2 Å². The van der Waals surface area contributed by atoms with Crippen LogP contribution in [0.4, 0.5) is 4.79 Å². The van der Waals surface area contributed by atoms with E-state index in [9.17, 15) is 4.79 Å². The maximum atomic E-state index is 12.4. The van der Waals surface area contributed by atoms with E-state index in [1.807, 2.05) is 28.6 Å². The molecule has 1 aromatic heterocycles. The Balaban J connectivity index is 1.33. The smallest absolute Gasteiger partial charge is 0.410 e. The van der Waals surface area contributed by atoms with E-state index in [2.05, 4.69) is 34.3 Å². The average Bonchev–Trinajstić information content (AvgIpc) is 3.26. The molecule has 0 radical (unpaired) electrons. The summed E-state index contributed by atoms with van der Waals surface area (Å²) in [6.07, 6.45) is 1.65. The van der Waals surface area contributed by atoms with Crippen molar-refractivity contribution >= 4 is 17.4 Å². The molecule has 1 amide bonds. The number of hydrogen-bond acceptors (Lipinski definition) is 5. The number of amides is 1. The van der Waals surface area contributed by atoms with Gasteiger partial charge in [0.15, 0.2) is 0 Å². The third kappa shape index (κ3) is 3.76. The summed E-state index contributed by atoms with van der Waals surface area (Å²) < 4.78 is 5.87. The van der Waals surface area contributed by atoms with Crippen molar-refractivity contribution < 1.29 is 9.53 Å². The fourth-order valence-corrected chi connectivity index (χ4v) is 4.52. The van der Waals surface area contributed by atoms with Crippen LogP contribution in [0.25, 0.3) is 0 Å². The molecule has 1 unspecified atom stereocenters. The molecular weight excluding hydrogens is 346 g/mol. The summed E-state index contributed by atoms with van der Waals surface area (Å²) in [4.78, 5) is 21.1. The highest BCUT2D eigenvalue weighted by molar-refractivity contribution is 7.07. The van der Waals surface area contributed by atoms with Crippen molar-refractivity contribution in [1.82, 2.24) is 14.8 Å². The molecule has 1 spiro atoms. The predicted octanol–water partition coefficient (Wildman–Crippen LogP) is 3.73. The number of piperidine rings is 1. The minimum absolute atomic E-state index is 0.152. The number of likely N-dealkylation sites (tertiary alicyclic amines) is 1. The van der Waals surface area contributed by atoms with Crippen molar-refractivity contribution in [2.24, 2.45) is 0 Å². The Kier molecular flexibility index (Phi) is 4.96. The van der Waals surface area contributed by atoms with Gasteiger partial charge < -0.3 is 9.64 Å². The van der Waals surface area contributed by atoms with Crippen LogP contribution >= 0.6 is 11.3 Å². The first-order chi connectivity index (χ1) is 12.6. The van der Waals surface area contributed by atoms with Gasteiger partial charge in [-0.05, 0) is 11.5 Å². The van der Waals surface area contributed by atoms with Crippen LogP contribution in [0.5, 0.6) is 0 Å². The number of hydrogen-bond donors (Lipinski definition) is 0. The molecule has 3 heterocycles. The normalized spacial score (nSPS) is 21.1. The third-order valence-electron chi connectivity index (χ3n) is 5.54. The molecular formula is C20H25N3O2S. The largest absolute Gasteiger partial charge is 0.441 e. The van der Waals surface area contributed by atoms with Crippen LogP contribution in [0.2, 0.25) is 0 Å². The lowest BCUT2D eigenvalue weighted by atomic mass is 9.91. The molecule has 2 fully saturated rings. The van der Waals surface area contributed by atoms with Crippen molar-refractivity contribution in [1.29, 1.82) is 0 Å². The third-order valence-corrected chi connectivity index (χ3v) is 6.18. The van der Waals surface area contributed by atoms with E-state index in [-0.39, 0.29) is 11.7 Å². The summed E-state index contributed by atoms with van der Waals surface area (Å²) in [5, 5.41) is 2.10. The first-order valence-electron chi connectivity index (χ1n) is 9.26. The quantitative estimate of drug-likeness (QED) is 0.803. The molecule has 5 nitrogen and oxygen atoms in total. The topological polar surface area (TPSA) is 45.7 Å². The summed E-state index contributed by atoms with van der Waals surface area (Å²) in [5.74, 6) is 0.309. The van der Waals surface area contributed by atoms with Gasteiger partial charge in [-0.3, -0.25) is 4.90 Å². The van der Waals surface area contributed by atoms with Crippen molar-refractivity contribution in [3.63, 3.8) is 0 Å². The molecule has 138 valence electrons. The Labute approximate surface area is 158 Å². The molecule has 0 bridgehead atoms. The van der Waals surface area contributed by atoms with Crippen molar-refractivity contribution in [2.45, 2.75) is 37.8 Å². The first kappa shape index (κ1) is 17.5. The van der Waals surface area contributed by atoms with E-state index in [0.29, 0.717) is 19.0 Å². The van der Waals surface area contributed by atoms with Gasteiger partial charge in [-0.15, -0.1) is 11.3 Å². The molecule has 1 aromatic carbocycles. The summed E-state index contributed by atoms with van der Waals surface area (Å²) in [7, 11) is 0. The number of ether oxygens (including phenoxy) is 1. The number of aromatic nitrogens is 1. The first-order valence-corrected chi connectivity index (χ1v) is 10.2. The van der Waals surface area contributed by atoms with Crippen LogP contribution in [-0.4, -0.2) is 52.7 Å². The zero-order valence-corrected chi connectivity index (χ0v) is 16.0. The monoisotopic (exact) mass is 371 g/mol. The summed E-state index contributed by atoms with van der Waals surface area (Å²) in [6, 6.07) is 10.4. The molecule has 4 rings (SSSR count). The number of carbonyl (C=O) groups is 1. The average molecular weight is 372 g/mol. The molecule has 2 aromatic rings. The second-order valence-electron chi connectivity index (χ2n) is 7.50. The minimum Gasteiger partial charge on any atom is -0.441 e. The molecule has 26 heavy (non-hydrogen) atoms. The Hall–Kier alpha value is -1.92. The second-order valence-corrected chi connectivity index (χ2v) is 8.22. The number of thiazole rings is 1. The molecule has 2 aliphatic heterocycles. The SMILES string of the molecule is CC(CN1CC2(CCN(Cc3cscn3)CC2)OC1=O)c1ccccc1. The van der Waals surface area contributed by atoms with Gasteiger partial charge >= 0.3 is 6.09 Å². The number of carbonyl (C=O) groups excluding carboxylic acids is 1. The van der Waals surface area contributed by atoms with Gasteiger partial charge in [0.2, 0.25) is 0 Å². The predicted molar refractivity (Wildman–Crippen MR) is 102 cm³/mol. The highest BCUT2D eigenvalue weighted by Gasteiger charge is 2.47. The van der Waals surface area contributed by atoms with Gasteiger partial charge in [-0.25, -0.2) is 9.78 Å². The van der Waals surface area contributed by atoms with Gasteiger partial charge in [0, 0.05) is 44.4 Å². The fraction of sp³-hybridized carbons (Fsp3) is 0.500. The van der Waals surface area contributed by atoms with Gasteiger partial charge in [0.25, 0.3) is 0 Å². The van der Waals surface area contributed by atoms with Crippen molar-refractivity contribution in [3.8, 4) is 0 Å². The molecule has 0 saturated carbocycles. The van der Waals surface area contributed by atoms with Crippen LogP contribution < -0.4 is 0 Å². The van der Waals surface area contributed by atoms with E-state index in [4.69, 9.17) is 4.74 Å². The number of rotatable bonds is 5. The maximum Gasteiger partial charge on any atom is 0.410 e. The second kappa shape index (κ2) is 7.37. The molecule has 6 heteroatoms. The lowest BCUT2D eigenvalue weighted by Crippen LogP contribution is -2.46. The number of nitrogens with zero attached hydrogens (tertiary/aromatic N) is 3. The Morgan fingerprint density at radius 1 is 1.27 bits per heavy atom. The fourth-order valence-electron chi connectivity index (χ4n) is 3.97. The Morgan fingerprint density at radius 3 is 2.73 bits per heavy atom. The van der Waals surface area contributed by atoms with E-state index >= 15 is 0 Å². The van der Waals surface area contributed by atoms with Crippen LogP contribution in [0.15, 0.2) is 41.2 Å². The lowest BCUT2D eigenvalue weighted by Gasteiger charge is -2.37. The van der Waals surface area contributed by atoms with Crippen LogP contribution in [0, 0.1) is 0 Å². The lowest BCUT2D eigenvalue weighted by molar-refractivity contribution is -0.00147. The van der Waals surface area contributed by atoms with E-state index in [0.717, 1.165) is 38.2 Å². The van der Waals surface area contributed by atoms with Crippen LogP contribution in [0.3, 0.4) is 0 Å². The molecule has 0 aliphatic carbocycles. The van der Waals surface area contributed by atoms with Gasteiger partial charge in [0.1, 0.15) is 5.60 Å². The van der Waals surface area contributed by atoms with Crippen LogP contribution in [-0.2, 0) is 11.3 Å². The Bertz CT molecular complexity index is 727. The Morgan fingerprint density at radius 2 is 2.04 bits per heavy atom. The van der Waals surface area contributed by atoms with E-state index in [1.54, 1.807) is 11.3 Å². The highest BCUT2D eigenvalue weighted by atomic mass is 32.1. The molecule has 1 atom stereocenters. The molecule has 0 N–H and O–H groups in total. The zero-order valence-electron chi connectivity index (χ0n) is 15.1.